The molecule has 1 aromatic carbocycles. The third-order valence-electron chi connectivity index (χ3n) is 2.16. The van der Waals surface area contributed by atoms with Gasteiger partial charge in [-0.25, -0.2) is 0 Å². The SMILES string of the molecule is CCCCC(=O)c1c(Cl)ccc(N)c1Cl. The lowest BCUT2D eigenvalue weighted by Gasteiger charge is -2.07. The van der Waals surface area contributed by atoms with Crippen LogP contribution in [0.3, 0.4) is 0 Å². The lowest BCUT2D eigenvalue weighted by molar-refractivity contribution is 0.0980. The number of halogens is 2. The molecule has 0 amide bonds. The summed E-state index contributed by atoms with van der Waals surface area (Å²) in [6, 6.07) is 3.20. The molecule has 0 atom stereocenters. The zero-order valence-corrected chi connectivity index (χ0v) is 10.0. The number of anilines is 1. The van der Waals surface area contributed by atoms with E-state index in [9.17, 15) is 4.79 Å². The van der Waals surface area contributed by atoms with E-state index in [-0.39, 0.29) is 10.8 Å². The fourth-order valence-corrected chi connectivity index (χ4v) is 1.87. The van der Waals surface area contributed by atoms with Crippen LogP contribution >= 0.6 is 23.2 Å². The van der Waals surface area contributed by atoms with Crippen molar-refractivity contribution < 1.29 is 4.79 Å². The van der Waals surface area contributed by atoms with E-state index >= 15 is 0 Å². The van der Waals surface area contributed by atoms with E-state index in [0.29, 0.717) is 22.7 Å². The van der Waals surface area contributed by atoms with Crippen LogP contribution in [-0.4, -0.2) is 5.78 Å². The maximum Gasteiger partial charge on any atom is 0.165 e. The number of carbonyl (C=O) groups excluding carboxylic acids is 1. The topological polar surface area (TPSA) is 43.1 Å². The average Bonchev–Trinajstić information content (AvgIpc) is 2.21. The first-order valence-electron chi connectivity index (χ1n) is 4.84. The molecule has 0 spiro atoms. The molecular weight excluding hydrogens is 233 g/mol. The van der Waals surface area contributed by atoms with Crippen LogP contribution in [0.25, 0.3) is 0 Å². The average molecular weight is 246 g/mol. The molecule has 0 bridgehead atoms. The molecule has 2 N–H and O–H groups in total. The van der Waals surface area contributed by atoms with Crippen molar-refractivity contribution in [1.29, 1.82) is 0 Å². The van der Waals surface area contributed by atoms with E-state index in [4.69, 9.17) is 28.9 Å². The van der Waals surface area contributed by atoms with E-state index in [1.165, 1.54) is 0 Å². The van der Waals surface area contributed by atoms with Gasteiger partial charge in [0.1, 0.15) is 0 Å². The molecule has 0 aromatic heterocycles. The molecule has 2 nitrogen and oxygen atoms in total. The van der Waals surface area contributed by atoms with E-state index in [0.717, 1.165) is 12.8 Å². The monoisotopic (exact) mass is 245 g/mol. The summed E-state index contributed by atoms with van der Waals surface area (Å²) in [5, 5.41) is 0.638. The fraction of sp³-hybridized carbons (Fsp3) is 0.364. The Morgan fingerprint density at radius 3 is 2.67 bits per heavy atom. The molecule has 0 saturated heterocycles. The molecule has 0 unspecified atom stereocenters. The second-order valence-electron chi connectivity index (χ2n) is 3.35. The van der Waals surface area contributed by atoms with Crippen molar-refractivity contribution in [3.63, 3.8) is 0 Å². The number of ketones is 1. The van der Waals surface area contributed by atoms with Crippen LogP contribution in [0.15, 0.2) is 12.1 Å². The van der Waals surface area contributed by atoms with Crippen LogP contribution in [0.2, 0.25) is 10.0 Å². The van der Waals surface area contributed by atoms with Crippen LogP contribution in [0.4, 0.5) is 5.69 Å². The minimum absolute atomic E-state index is 0.0425. The van der Waals surface area contributed by atoms with Crippen LogP contribution in [-0.2, 0) is 0 Å². The lowest BCUT2D eigenvalue weighted by atomic mass is 10.0. The zero-order valence-electron chi connectivity index (χ0n) is 8.52. The number of hydrogen-bond acceptors (Lipinski definition) is 2. The molecular formula is C11H13Cl2NO. The Morgan fingerprint density at radius 2 is 2.07 bits per heavy atom. The van der Waals surface area contributed by atoms with Crippen LogP contribution in [0.5, 0.6) is 0 Å². The van der Waals surface area contributed by atoms with Crippen LogP contribution in [0, 0.1) is 0 Å². The highest BCUT2D eigenvalue weighted by molar-refractivity contribution is 6.41. The third kappa shape index (κ3) is 2.86. The second kappa shape index (κ2) is 5.38. The number of carbonyl (C=O) groups is 1. The number of hydrogen-bond donors (Lipinski definition) is 1. The molecule has 4 heteroatoms. The molecule has 0 aliphatic rings. The summed E-state index contributed by atoms with van der Waals surface area (Å²) < 4.78 is 0. The molecule has 0 radical (unpaired) electrons. The van der Waals surface area contributed by atoms with Gasteiger partial charge in [0.2, 0.25) is 0 Å². The first-order chi connectivity index (χ1) is 7.07. The van der Waals surface area contributed by atoms with Gasteiger partial charge < -0.3 is 5.73 Å². The van der Waals surface area contributed by atoms with Gasteiger partial charge >= 0.3 is 0 Å². The number of nitrogens with two attached hydrogens (primary N) is 1. The summed E-state index contributed by atoms with van der Waals surface area (Å²) in [5.74, 6) is -0.0425. The van der Waals surface area contributed by atoms with Crippen molar-refractivity contribution in [2.24, 2.45) is 0 Å². The molecule has 1 rings (SSSR count). The summed E-state index contributed by atoms with van der Waals surface area (Å²) in [7, 11) is 0. The fourth-order valence-electron chi connectivity index (χ4n) is 1.29. The summed E-state index contributed by atoms with van der Waals surface area (Å²) >= 11 is 11.9. The maximum absolute atomic E-state index is 11.8. The number of rotatable bonds is 4. The van der Waals surface area contributed by atoms with Gasteiger partial charge in [0, 0.05) is 6.42 Å². The van der Waals surface area contributed by atoms with Gasteiger partial charge in [-0.2, -0.15) is 0 Å². The Bertz CT molecular complexity index is 377. The standard InChI is InChI=1S/C11H13Cl2NO/c1-2-3-4-9(15)10-7(12)5-6-8(14)11(10)13/h5-6H,2-4,14H2,1H3. The molecule has 1 aromatic rings. The first-order valence-corrected chi connectivity index (χ1v) is 5.60. The molecule has 0 fully saturated rings. The Labute approximate surface area is 99.4 Å². The van der Waals surface area contributed by atoms with Crippen molar-refractivity contribution in [1.82, 2.24) is 0 Å². The van der Waals surface area contributed by atoms with Gasteiger partial charge in [-0.1, -0.05) is 36.5 Å². The normalized spacial score (nSPS) is 10.3. The highest BCUT2D eigenvalue weighted by atomic mass is 35.5. The minimum atomic E-state index is -0.0425. The van der Waals surface area contributed by atoms with Crippen molar-refractivity contribution in [3.05, 3.63) is 27.7 Å². The van der Waals surface area contributed by atoms with Crippen LogP contribution < -0.4 is 5.73 Å². The Morgan fingerprint density at radius 1 is 1.40 bits per heavy atom. The van der Waals surface area contributed by atoms with Gasteiger partial charge in [0.05, 0.1) is 21.3 Å². The van der Waals surface area contributed by atoms with Crippen molar-refractivity contribution in [2.45, 2.75) is 26.2 Å². The van der Waals surface area contributed by atoms with E-state index in [2.05, 4.69) is 0 Å². The highest BCUT2D eigenvalue weighted by Crippen LogP contribution is 2.31. The predicted octanol–water partition coefficient (Wildman–Crippen LogP) is 3.95. The molecule has 0 aliphatic carbocycles. The van der Waals surface area contributed by atoms with E-state index < -0.39 is 0 Å². The summed E-state index contributed by atoms with van der Waals surface area (Å²) in [5.41, 5.74) is 6.36. The summed E-state index contributed by atoms with van der Waals surface area (Å²) in [6.07, 6.45) is 2.25. The Hall–Kier alpha value is -0.730. The number of nitrogen functional groups attached to an aromatic ring is 1. The first kappa shape index (κ1) is 12.3. The molecule has 0 aliphatic heterocycles. The van der Waals surface area contributed by atoms with Gasteiger partial charge in [0.15, 0.2) is 5.78 Å². The van der Waals surface area contributed by atoms with E-state index in [1.54, 1.807) is 12.1 Å². The van der Waals surface area contributed by atoms with Gasteiger partial charge in [-0.3, -0.25) is 4.79 Å². The Kier molecular flexibility index (Phi) is 4.43. The van der Waals surface area contributed by atoms with Gasteiger partial charge in [-0.05, 0) is 18.6 Å². The predicted molar refractivity (Wildman–Crippen MR) is 64.7 cm³/mol. The van der Waals surface area contributed by atoms with Crippen LogP contribution in [0.1, 0.15) is 36.5 Å². The summed E-state index contributed by atoms with van der Waals surface area (Å²) in [6.45, 7) is 2.02. The number of unbranched alkanes of at least 4 members (excludes halogenated alkanes) is 1. The van der Waals surface area contributed by atoms with Crippen molar-refractivity contribution >= 4 is 34.7 Å². The maximum atomic E-state index is 11.8. The van der Waals surface area contributed by atoms with Gasteiger partial charge in [0.25, 0.3) is 0 Å². The number of Topliss-reactive ketones (excluding diaryl/α,β-unsaturated/α-hetero) is 1. The smallest absolute Gasteiger partial charge is 0.165 e. The molecule has 0 heterocycles. The largest absolute Gasteiger partial charge is 0.398 e. The zero-order chi connectivity index (χ0) is 11.4. The lowest BCUT2D eigenvalue weighted by Crippen LogP contribution is -2.03. The number of benzene rings is 1. The van der Waals surface area contributed by atoms with Crippen molar-refractivity contribution in [3.8, 4) is 0 Å². The molecule has 0 saturated carbocycles. The summed E-state index contributed by atoms with van der Waals surface area (Å²) in [4.78, 5) is 11.8. The minimum Gasteiger partial charge on any atom is -0.398 e. The quantitative estimate of drug-likeness (QED) is 0.645. The van der Waals surface area contributed by atoms with Crippen molar-refractivity contribution in [2.75, 3.05) is 5.73 Å². The molecule has 15 heavy (non-hydrogen) atoms. The van der Waals surface area contributed by atoms with E-state index in [1.807, 2.05) is 6.92 Å². The Balaban J connectivity index is 3.02. The highest BCUT2D eigenvalue weighted by Gasteiger charge is 2.15. The van der Waals surface area contributed by atoms with Gasteiger partial charge in [-0.15, -0.1) is 0 Å². The third-order valence-corrected chi connectivity index (χ3v) is 2.88. The molecule has 82 valence electrons. The second-order valence-corrected chi connectivity index (χ2v) is 4.14.